The normalized spacial score (nSPS) is 16.7. The average molecular weight is 884 g/mol. The molecule has 0 saturated carbocycles. The van der Waals surface area contributed by atoms with Gasteiger partial charge in [-0.3, -0.25) is 0 Å². The number of hydrogen-bond donors (Lipinski definition) is 0. The van der Waals surface area contributed by atoms with Crippen LogP contribution in [0, 0.1) is 0 Å². The Labute approximate surface area is 259 Å². The molecular formula is C14H4F32O3Si2. The molecule has 0 atom stereocenters. The van der Waals surface area contributed by atoms with Crippen molar-refractivity contribution in [2.75, 3.05) is 0 Å². The predicted molar refractivity (Wildman–Crippen MR) is 94.0 cm³/mol. The van der Waals surface area contributed by atoms with Crippen molar-refractivity contribution in [1.29, 1.82) is 0 Å². The fraction of sp³-hybridized carbons (Fsp3) is 1.00. The quantitative estimate of drug-likeness (QED) is 0.137. The molecule has 3 nitrogen and oxygen atoms in total. The third-order valence-corrected chi connectivity index (χ3v) is 7.54. The largest absolute Gasteiger partial charge is 0.595 e. The Morgan fingerprint density at radius 2 is 0.412 bits per heavy atom. The summed E-state index contributed by atoms with van der Waals surface area (Å²) in [4.78, 5) is 0. The van der Waals surface area contributed by atoms with E-state index in [-0.39, 0.29) is 11.0 Å². The number of alkyl halides is 32. The molecule has 0 heterocycles. The predicted octanol–water partition coefficient (Wildman–Crippen LogP) is 8.54. The van der Waals surface area contributed by atoms with Gasteiger partial charge in [0.05, 0.1) is 0 Å². The van der Waals surface area contributed by atoms with Crippen molar-refractivity contribution < 1.29 is 154 Å². The van der Waals surface area contributed by atoms with Crippen LogP contribution in [0.1, 0.15) is 0 Å². The van der Waals surface area contributed by atoms with Gasteiger partial charge in [-0.05, 0) is 11.0 Å². The Morgan fingerprint density at radius 1 is 0.235 bits per heavy atom. The zero-order valence-corrected chi connectivity index (χ0v) is 21.8. The molecule has 0 bridgehead atoms. The standard InChI is InChI=1S/C14F32O3Si.H4Si/c15-1(16,3(19,20)5(23,24)7(27,28)29)2(17,18)4(21,22)6(25,26)14(45,46)50(47-11(39,40)8(30,31)32,48-12(41,42)9(33,34)35)49-13(43,44)10(36,37)38;/h;1H4. The summed E-state index contributed by atoms with van der Waals surface area (Å²) < 4.78 is 425. The fourth-order valence-electron chi connectivity index (χ4n) is 2.29. The molecule has 0 aromatic rings. The lowest BCUT2D eigenvalue weighted by Crippen LogP contribution is -2.81. The highest BCUT2D eigenvalue weighted by molar-refractivity contribution is 6.64. The first kappa shape index (κ1) is 51.2. The third-order valence-electron chi connectivity index (χ3n) is 4.88. The summed E-state index contributed by atoms with van der Waals surface area (Å²) in [5.41, 5.74) is -10.0. The second-order valence-electron chi connectivity index (χ2n) is 8.42. The topological polar surface area (TPSA) is 27.7 Å². The van der Waals surface area contributed by atoms with Crippen LogP contribution in [0.15, 0.2) is 0 Å². The fourth-order valence-corrected chi connectivity index (χ4v) is 4.70. The van der Waals surface area contributed by atoms with E-state index < -0.39 is 92.9 Å². The molecule has 0 aliphatic carbocycles. The van der Waals surface area contributed by atoms with E-state index in [0.717, 1.165) is 13.3 Å². The van der Waals surface area contributed by atoms with Gasteiger partial charge in [0.2, 0.25) is 0 Å². The molecule has 0 saturated heterocycles. The maximum absolute atomic E-state index is 14.7. The molecule has 0 aliphatic rings. The van der Waals surface area contributed by atoms with Gasteiger partial charge in [0.15, 0.2) is 0 Å². The van der Waals surface area contributed by atoms with Crippen LogP contribution < -0.4 is 0 Å². The highest BCUT2D eigenvalue weighted by atomic mass is 28.4. The summed E-state index contributed by atoms with van der Waals surface area (Å²) in [6, 6.07) is 0. The van der Waals surface area contributed by atoms with Crippen LogP contribution in [-0.2, 0) is 13.3 Å². The minimum Gasteiger partial charge on any atom is -0.302 e. The van der Waals surface area contributed by atoms with Gasteiger partial charge in [-0.1, -0.05) is 0 Å². The minimum atomic E-state index is -11.8. The van der Waals surface area contributed by atoms with Gasteiger partial charge in [-0.25, -0.2) is 0 Å². The Hall–Kier alpha value is -1.93. The first-order valence-electron chi connectivity index (χ1n) is 10.0. The summed E-state index contributed by atoms with van der Waals surface area (Å²) in [6.07, 6.45) is -59.6. The Kier molecular flexibility index (Phi) is 12.9. The van der Waals surface area contributed by atoms with Gasteiger partial charge >= 0.3 is 92.9 Å². The first-order valence-corrected chi connectivity index (χ1v) is 11.7. The Bertz CT molecular complexity index is 1140. The van der Waals surface area contributed by atoms with Crippen LogP contribution in [0.25, 0.3) is 0 Å². The zero-order valence-electron chi connectivity index (χ0n) is 20.8. The van der Waals surface area contributed by atoms with E-state index in [4.69, 9.17) is 0 Å². The van der Waals surface area contributed by atoms with Gasteiger partial charge in [0.1, 0.15) is 0 Å². The summed E-state index contributed by atoms with van der Waals surface area (Å²) in [6.45, 7) is 0. The summed E-state index contributed by atoms with van der Waals surface area (Å²) in [5.74, 6) is -58.5. The zero-order chi connectivity index (χ0) is 41.6. The smallest absolute Gasteiger partial charge is 0.302 e. The molecule has 37 heteroatoms. The van der Waals surface area contributed by atoms with Gasteiger partial charge in [-0.15, -0.1) is 0 Å². The van der Waals surface area contributed by atoms with E-state index >= 15 is 0 Å². The number of hydrogen-bond acceptors (Lipinski definition) is 3. The van der Waals surface area contributed by atoms with Crippen LogP contribution in [-0.4, -0.2) is 104 Å². The van der Waals surface area contributed by atoms with E-state index in [1.807, 2.05) is 0 Å². The lowest BCUT2D eigenvalue weighted by Gasteiger charge is -2.46. The molecule has 310 valence electrons. The molecule has 0 aliphatic heterocycles. The molecule has 0 N–H and O–H groups in total. The summed E-state index contributed by atoms with van der Waals surface area (Å²) in [7, 11) is -11.8. The van der Waals surface area contributed by atoms with Crippen LogP contribution in [0.3, 0.4) is 0 Å². The highest BCUT2D eigenvalue weighted by Crippen LogP contribution is 2.66. The molecular weight excluding hydrogens is 880 g/mol. The maximum atomic E-state index is 14.7. The van der Waals surface area contributed by atoms with Crippen molar-refractivity contribution in [2.24, 2.45) is 0 Å². The second kappa shape index (κ2) is 12.8. The van der Waals surface area contributed by atoms with Gasteiger partial charge in [0.25, 0.3) is 0 Å². The lowest BCUT2D eigenvalue weighted by atomic mass is 9.91. The minimum absolute atomic E-state index is 0. The van der Waals surface area contributed by atoms with Crippen molar-refractivity contribution in [3.63, 3.8) is 0 Å². The van der Waals surface area contributed by atoms with Crippen molar-refractivity contribution in [3.05, 3.63) is 0 Å². The Morgan fingerprint density at radius 3 is 0.588 bits per heavy atom. The number of rotatable bonds is 13. The van der Waals surface area contributed by atoms with E-state index in [1.165, 1.54) is 0 Å². The van der Waals surface area contributed by atoms with Crippen LogP contribution >= 0.6 is 0 Å². The lowest BCUT2D eigenvalue weighted by molar-refractivity contribution is -0.465. The SMILES string of the molecule is FC(F)(F)C(F)(F)O[Si](OC(F)(F)C(F)(F)F)(OC(F)(F)C(F)(F)F)C(F)(F)C(F)(F)C(F)(F)C(F)(F)C(F)(F)C(F)(F)C(F)(F)C(F)(F)F.[SiH4]. The second-order valence-corrected chi connectivity index (χ2v) is 10.8. The van der Waals surface area contributed by atoms with Gasteiger partial charge < -0.3 is 13.3 Å². The maximum Gasteiger partial charge on any atom is 0.595 e. The van der Waals surface area contributed by atoms with Gasteiger partial charge in [0, 0.05) is 0 Å². The van der Waals surface area contributed by atoms with Crippen molar-refractivity contribution in [3.8, 4) is 0 Å². The molecule has 51 heavy (non-hydrogen) atoms. The molecule has 0 spiro atoms. The molecule has 0 fully saturated rings. The monoisotopic (exact) mass is 884 g/mol. The van der Waals surface area contributed by atoms with E-state index in [2.05, 4.69) is 0 Å². The summed E-state index contributed by atoms with van der Waals surface area (Å²) >= 11 is 0. The van der Waals surface area contributed by atoms with Crippen LogP contribution in [0.4, 0.5) is 140 Å². The molecule has 0 unspecified atom stereocenters. The summed E-state index contributed by atoms with van der Waals surface area (Å²) in [5, 5.41) is 0. The highest BCUT2D eigenvalue weighted by Gasteiger charge is 2.99. The third kappa shape index (κ3) is 7.71. The average Bonchev–Trinajstić information content (AvgIpc) is 2.79. The van der Waals surface area contributed by atoms with E-state index in [0.29, 0.717) is 0 Å². The van der Waals surface area contributed by atoms with Crippen LogP contribution in [0.5, 0.6) is 0 Å². The van der Waals surface area contributed by atoms with Crippen molar-refractivity contribution in [2.45, 2.75) is 84.1 Å². The molecule has 0 rings (SSSR count). The van der Waals surface area contributed by atoms with Crippen molar-refractivity contribution in [1.82, 2.24) is 0 Å². The van der Waals surface area contributed by atoms with E-state index in [9.17, 15) is 140 Å². The van der Waals surface area contributed by atoms with Crippen molar-refractivity contribution >= 4 is 19.8 Å². The Balaban J connectivity index is 0. The van der Waals surface area contributed by atoms with Crippen LogP contribution in [0.2, 0.25) is 0 Å². The molecule has 0 amide bonds. The first-order chi connectivity index (χ1) is 20.9. The molecule has 0 aromatic heterocycles. The van der Waals surface area contributed by atoms with E-state index in [1.54, 1.807) is 0 Å². The number of halogens is 32. The van der Waals surface area contributed by atoms with Gasteiger partial charge in [-0.2, -0.15) is 140 Å². The molecule has 0 aromatic carbocycles. The molecule has 0 radical (unpaired) electrons.